The fourth-order valence-electron chi connectivity index (χ4n) is 4.45. The Kier molecular flexibility index (Phi) is 10.9. The van der Waals surface area contributed by atoms with Crippen molar-refractivity contribution in [1.29, 1.82) is 0 Å². The first kappa shape index (κ1) is 28.6. The fraction of sp³-hybridized carbons (Fsp3) is 0.517. The lowest BCUT2D eigenvalue weighted by Gasteiger charge is -2.43. The van der Waals surface area contributed by atoms with Gasteiger partial charge in [0.2, 0.25) is 0 Å². The van der Waals surface area contributed by atoms with E-state index < -0.39 is 30.4 Å². The van der Waals surface area contributed by atoms with Crippen LogP contribution in [0.15, 0.2) is 48.5 Å². The first-order chi connectivity index (χ1) is 17.8. The van der Waals surface area contributed by atoms with Gasteiger partial charge in [0.1, 0.15) is 24.3 Å². The highest BCUT2D eigenvalue weighted by Gasteiger charge is 2.47. The van der Waals surface area contributed by atoms with Gasteiger partial charge < -0.3 is 23.7 Å². The number of halogens is 1. The Morgan fingerprint density at radius 1 is 0.892 bits per heavy atom. The maximum atomic E-state index is 13.0. The molecule has 1 heterocycles. The number of unbranched alkanes of at least 4 members (excludes halogenated alkanes) is 1. The van der Waals surface area contributed by atoms with Crippen LogP contribution in [0, 0.1) is 11.7 Å². The standard InChI is InChI=1S/C29H37FO7/c1-5-26-19(2)27(35-20(3)31)28(36-21(4)32)29(37-26)33-17-7-6-8-22-11-15-25(16-12-22)34-18-23-9-13-24(30)14-10-23/h9-16,19,26-29H,5-8,17-18H2,1-4H3/t19-,26-,27+,28-,29-/m1/s1. The van der Waals surface area contributed by atoms with Gasteiger partial charge in [-0.25, -0.2) is 4.39 Å². The van der Waals surface area contributed by atoms with Crippen LogP contribution >= 0.6 is 0 Å². The van der Waals surface area contributed by atoms with Crippen LogP contribution in [-0.2, 0) is 41.6 Å². The van der Waals surface area contributed by atoms with Gasteiger partial charge in [-0.05, 0) is 61.1 Å². The molecule has 37 heavy (non-hydrogen) atoms. The Morgan fingerprint density at radius 3 is 2.14 bits per heavy atom. The van der Waals surface area contributed by atoms with Crippen molar-refractivity contribution >= 4 is 11.9 Å². The minimum Gasteiger partial charge on any atom is -0.489 e. The van der Waals surface area contributed by atoms with Crippen molar-refractivity contribution in [3.63, 3.8) is 0 Å². The molecule has 1 saturated heterocycles. The number of carbonyl (C=O) groups is 2. The predicted molar refractivity (Wildman–Crippen MR) is 135 cm³/mol. The molecular weight excluding hydrogens is 479 g/mol. The fourth-order valence-corrected chi connectivity index (χ4v) is 4.45. The number of hydrogen-bond acceptors (Lipinski definition) is 7. The van der Waals surface area contributed by atoms with E-state index in [1.807, 2.05) is 38.1 Å². The van der Waals surface area contributed by atoms with Gasteiger partial charge in [0.05, 0.1) is 6.10 Å². The third-order valence-electron chi connectivity index (χ3n) is 6.40. The van der Waals surface area contributed by atoms with Gasteiger partial charge in [-0.1, -0.05) is 38.1 Å². The molecule has 2 aromatic carbocycles. The topological polar surface area (TPSA) is 80.3 Å². The second kappa shape index (κ2) is 14.1. The van der Waals surface area contributed by atoms with Crippen molar-refractivity contribution in [2.75, 3.05) is 6.61 Å². The Balaban J connectivity index is 1.45. The van der Waals surface area contributed by atoms with E-state index in [2.05, 4.69) is 0 Å². The summed E-state index contributed by atoms with van der Waals surface area (Å²) in [5, 5.41) is 0. The van der Waals surface area contributed by atoms with Crippen molar-refractivity contribution < 1.29 is 37.7 Å². The number of carbonyl (C=O) groups excluding carboxylic acids is 2. The number of hydrogen-bond donors (Lipinski definition) is 0. The molecule has 202 valence electrons. The van der Waals surface area contributed by atoms with E-state index in [0.717, 1.165) is 37.0 Å². The molecule has 5 atom stereocenters. The van der Waals surface area contributed by atoms with E-state index in [4.69, 9.17) is 23.7 Å². The number of benzene rings is 2. The molecule has 0 saturated carbocycles. The average Bonchev–Trinajstić information content (AvgIpc) is 2.87. The molecule has 7 nitrogen and oxygen atoms in total. The van der Waals surface area contributed by atoms with Crippen LogP contribution in [0.4, 0.5) is 4.39 Å². The summed E-state index contributed by atoms with van der Waals surface area (Å²) in [6.07, 6.45) is 0.828. The second-order valence-electron chi connectivity index (χ2n) is 9.35. The van der Waals surface area contributed by atoms with E-state index in [0.29, 0.717) is 13.2 Å². The first-order valence-electron chi connectivity index (χ1n) is 12.8. The van der Waals surface area contributed by atoms with Gasteiger partial charge >= 0.3 is 11.9 Å². The van der Waals surface area contributed by atoms with Crippen molar-refractivity contribution in [3.8, 4) is 5.75 Å². The van der Waals surface area contributed by atoms with Crippen LogP contribution < -0.4 is 4.74 Å². The average molecular weight is 517 g/mol. The number of ether oxygens (including phenoxy) is 5. The Labute approximate surface area is 218 Å². The summed E-state index contributed by atoms with van der Waals surface area (Å²) in [4.78, 5) is 23.4. The molecule has 1 aliphatic rings. The molecule has 0 unspecified atom stereocenters. The molecule has 1 aliphatic heterocycles. The molecule has 0 amide bonds. The molecule has 0 aliphatic carbocycles. The van der Waals surface area contributed by atoms with Gasteiger partial charge in [-0.2, -0.15) is 0 Å². The maximum absolute atomic E-state index is 13.0. The van der Waals surface area contributed by atoms with Gasteiger partial charge in [-0.15, -0.1) is 0 Å². The molecule has 0 spiro atoms. The van der Waals surface area contributed by atoms with E-state index in [9.17, 15) is 14.0 Å². The van der Waals surface area contributed by atoms with Crippen molar-refractivity contribution in [1.82, 2.24) is 0 Å². The van der Waals surface area contributed by atoms with E-state index in [1.54, 1.807) is 12.1 Å². The summed E-state index contributed by atoms with van der Waals surface area (Å²) in [6.45, 7) is 7.37. The lowest BCUT2D eigenvalue weighted by molar-refractivity contribution is -0.290. The van der Waals surface area contributed by atoms with Gasteiger partial charge in [0.25, 0.3) is 0 Å². The third-order valence-corrected chi connectivity index (χ3v) is 6.40. The van der Waals surface area contributed by atoms with Crippen LogP contribution in [-0.4, -0.2) is 43.1 Å². The summed E-state index contributed by atoms with van der Waals surface area (Å²) in [5.74, 6) is -0.562. The van der Waals surface area contributed by atoms with Crippen LogP contribution in [0.2, 0.25) is 0 Å². The molecule has 0 aromatic heterocycles. The first-order valence-corrected chi connectivity index (χ1v) is 12.8. The molecule has 0 N–H and O–H groups in total. The highest BCUT2D eigenvalue weighted by molar-refractivity contribution is 5.67. The second-order valence-corrected chi connectivity index (χ2v) is 9.35. The quantitative estimate of drug-likeness (QED) is 0.277. The summed E-state index contributed by atoms with van der Waals surface area (Å²) in [6, 6.07) is 14.2. The normalized spacial score (nSPS) is 23.3. The molecular formula is C29H37FO7. The van der Waals surface area contributed by atoms with Gasteiger partial charge in [0, 0.05) is 26.4 Å². The maximum Gasteiger partial charge on any atom is 0.303 e. The largest absolute Gasteiger partial charge is 0.489 e. The third kappa shape index (κ3) is 8.83. The zero-order valence-electron chi connectivity index (χ0n) is 22.0. The van der Waals surface area contributed by atoms with E-state index >= 15 is 0 Å². The number of rotatable bonds is 12. The Morgan fingerprint density at radius 2 is 1.51 bits per heavy atom. The summed E-state index contributed by atoms with van der Waals surface area (Å²) in [7, 11) is 0. The van der Waals surface area contributed by atoms with Crippen molar-refractivity contribution in [2.24, 2.45) is 5.92 Å². The number of esters is 2. The highest BCUT2D eigenvalue weighted by atomic mass is 19.1. The van der Waals surface area contributed by atoms with Gasteiger partial charge in [-0.3, -0.25) is 9.59 Å². The van der Waals surface area contributed by atoms with Crippen LogP contribution in [0.5, 0.6) is 5.75 Å². The lowest BCUT2D eigenvalue weighted by Crippen LogP contribution is -2.57. The molecule has 0 radical (unpaired) electrons. The molecule has 1 fully saturated rings. The van der Waals surface area contributed by atoms with Crippen LogP contribution in [0.1, 0.15) is 58.1 Å². The minimum absolute atomic E-state index is 0.138. The molecule has 2 aromatic rings. The van der Waals surface area contributed by atoms with Crippen molar-refractivity contribution in [3.05, 3.63) is 65.5 Å². The summed E-state index contributed by atoms with van der Waals surface area (Å²) >= 11 is 0. The summed E-state index contributed by atoms with van der Waals surface area (Å²) in [5.41, 5.74) is 2.08. The monoisotopic (exact) mass is 516 g/mol. The summed E-state index contributed by atoms with van der Waals surface area (Å²) < 4.78 is 41.9. The number of aryl methyl sites for hydroxylation is 1. The lowest BCUT2D eigenvalue weighted by atomic mass is 9.89. The van der Waals surface area contributed by atoms with Gasteiger partial charge in [0.15, 0.2) is 12.4 Å². The van der Waals surface area contributed by atoms with E-state index in [1.165, 1.54) is 31.5 Å². The highest BCUT2D eigenvalue weighted by Crippen LogP contribution is 2.32. The zero-order valence-corrected chi connectivity index (χ0v) is 22.0. The van der Waals surface area contributed by atoms with Crippen molar-refractivity contribution in [2.45, 2.75) is 84.6 Å². The molecule has 8 heteroatoms. The van der Waals surface area contributed by atoms with Crippen LogP contribution in [0.25, 0.3) is 0 Å². The predicted octanol–water partition coefficient (Wildman–Crippen LogP) is 5.38. The molecule has 0 bridgehead atoms. The van der Waals surface area contributed by atoms with Crippen LogP contribution in [0.3, 0.4) is 0 Å². The Bertz CT molecular complexity index is 992. The zero-order chi connectivity index (χ0) is 26.8. The minimum atomic E-state index is -0.818. The Hall–Kier alpha value is -2.97. The SMILES string of the molecule is CC[C@H]1O[C@@H](OCCCCc2ccc(OCc3ccc(F)cc3)cc2)[C@H](OC(C)=O)[C@@H](OC(C)=O)[C@@H]1C. The molecule has 3 rings (SSSR count). The smallest absolute Gasteiger partial charge is 0.303 e. The van der Waals surface area contributed by atoms with E-state index in [-0.39, 0.29) is 17.8 Å².